The SMILES string of the molecule is COc1ccc(C)cc1NC(=O)CN(C)C1CC2CCC(C1)N2.Cl. The molecule has 2 aliphatic heterocycles. The van der Waals surface area contributed by atoms with Gasteiger partial charge in [-0.15, -0.1) is 12.4 Å². The highest BCUT2D eigenvalue weighted by atomic mass is 35.5. The summed E-state index contributed by atoms with van der Waals surface area (Å²) >= 11 is 0. The van der Waals surface area contributed by atoms with Crippen LogP contribution >= 0.6 is 12.4 Å². The summed E-state index contributed by atoms with van der Waals surface area (Å²) in [5.74, 6) is 0.716. The third-order valence-electron chi connectivity index (χ3n) is 5.09. The Labute approximate surface area is 150 Å². The van der Waals surface area contributed by atoms with Gasteiger partial charge in [-0.25, -0.2) is 0 Å². The molecule has 2 saturated heterocycles. The van der Waals surface area contributed by atoms with E-state index >= 15 is 0 Å². The predicted octanol–water partition coefficient (Wildman–Crippen LogP) is 2.58. The smallest absolute Gasteiger partial charge is 0.238 e. The summed E-state index contributed by atoms with van der Waals surface area (Å²) < 4.78 is 5.32. The third kappa shape index (κ3) is 4.41. The van der Waals surface area contributed by atoms with E-state index in [1.165, 1.54) is 12.8 Å². The Morgan fingerprint density at radius 3 is 2.62 bits per heavy atom. The van der Waals surface area contributed by atoms with Gasteiger partial charge in [0.1, 0.15) is 5.75 Å². The zero-order chi connectivity index (χ0) is 16.4. The van der Waals surface area contributed by atoms with Crippen molar-refractivity contribution in [1.29, 1.82) is 0 Å². The summed E-state index contributed by atoms with van der Waals surface area (Å²) in [5, 5.41) is 6.63. The van der Waals surface area contributed by atoms with Crippen LogP contribution in [-0.2, 0) is 4.79 Å². The van der Waals surface area contributed by atoms with Crippen LogP contribution in [0.15, 0.2) is 18.2 Å². The minimum absolute atomic E-state index is 0. The zero-order valence-corrected chi connectivity index (χ0v) is 15.5. The molecule has 2 heterocycles. The average Bonchev–Trinajstić information content (AvgIpc) is 2.85. The lowest BCUT2D eigenvalue weighted by atomic mass is 9.98. The molecule has 0 aliphatic carbocycles. The van der Waals surface area contributed by atoms with Crippen LogP contribution in [0.25, 0.3) is 0 Å². The number of fused-ring (bicyclic) bond motifs is 2. The van der Waals surface area contributed by atoms with Gasteiger partial charge in [0.2, 0.25) is 5.91 Å². The van der Waals surface area contributed by atoms with Gasteiger partial charge in [0, 0.05) is 18.1 Å². The first kappa shape index (κ1) is 19.0. The van der Waals surface area contributed by atoms with Crippen molar-refractivity contribution in [3.05, 3.63) is 23.8 Å². The van der Waals surface area contributed by atoms with Gasteiger partial charge in [0.15, 0.2) is 0 Å². The van der Waals surface area contributed by atoms with E-state index in [9.17, 15) is 4.79 Å². The number of nitrogens with zero attached hydrogens (tertiary/aromatic N) is 1. The van der Waals surface area contributed by atoms with E-state index in [0.29, 0.717) is 30.4 Å². The number of halogens is 1. The molecule has 1 amide bonds. The van der Waals surface area contributed by atoms with Gasteiger partial charge in [0.25, 0.3) is 0 Å². The van der Waals surface area contributed by atoms with Crippen molar-refractivity contribution in [1.82, 2.24) is 10.2 Å². The number of piperidine rings is 1. The summed E-state index contributed by atoms with van der Waals surface area (Å²) in [5.41, 5.74) is 1.85. The molecule has 3 rings (SSSR count). The molecule has 1 aromatic carbocycles. The number of likely N-dealkylation sites (N-methyl/N-ethyl adjacent to an activating group) is 1. The summed E-state index contributed by atoms with van der Waals surface area (Å²) in [7, 11) is 3.68. The van der Waals surface area contributed by atoms with E-state index < -0.39 is 0 Å². The molecule has 2 N–H and O–H groups in total. The number of carbonyl (C=O) groups is 1. The molecule has 24 heavy (non-hydrogen) atoms. The van der Waals surface area contributed by atoms with Crippen molar-refractivity contribution in [2.75, 3.05) is 26.0 Å². The van der Waals surface area contributed by atoms with Gasteiger partial charge in [-0.05, 0) is 57.4 Å². The third-order valence-corrected chi connectivity index (χ3v) is 5.09. The van der Waals surface area contributed by atoms with Crippen molar-refractivity contribution >= 4 is 24.0 Å². The van der Waals surface area contributed by atoms with Crippen molar-refractivity contribution < 1.29 is 9.53 Å². The molecule has 0 radical (unpaired) electrons. The van der Waals surface area contributed by atoms with E-state index in [0.717, 1.165) is 24.1 Å². The summed E-state index contributed by atoms with van der Waals surface area (Å²) in [6.45, 7) is 2.42. The van der Waals surface area contributed by atoms with Crippen molar-refractivity contribution in [3.63, 3.8) is 0 Å². The summed E-state index contributed by atoms with van der Waals surface area (Å²) in [6.07, 6.45) is 4.85. The molecule has 134 valence electrons. The average molecular weight is 354 g/mol. The number of carbonyl (C=O) groups excluding carboxylic acids is 1. The Balaban J connectivity index is 0.00000208. The first-order valence-corrected chi connectivity index (χ1v) is 8.46. The van der Waals surface area contributed by atoms with Crippen LogP contribution in [0.5, 0.6) is 5.75 Å². The van der Waals surface area contributed by atoms with Crippen LogP contribution in [0.3, 0.4) is 0 Å². The van der Waals surface area contributed by atoms with Crippen LogP contribution in [0, 0.1) is 6.92 Å². The number of aryl methyl sites for hydroxylation is 1. The maximum Gasteiger partial charge on any atom is 0.238 e. The molecular weight excluding hydrogens is 326 g/mol. The van der Waals surface area contributed by atoms with Gasteiger partial charge in [-0.3, -0.25) is 9.69 Å². The highest BCUT2D eigenvalue weighted by Crippen LogP contribution is 2.29. The Kier molecular flexibility index (Phi) is 6.49. The molecule has 2 unspecified atom stereocenters. The van der Waals surface area contributed by atoms with Gasteiger partial charge in [0.05, 0.1) is 19.3 Å². The molecule has 2 aliphatic rings. The summed E-state index contributed by atoms with van der Waals surface area (Å²) in [6, 6.07) is 7.59. The van der Waals surface area contributed by atoms with E-state index in [-0.39, 0.29) is 18.3 Å². The first-order valence-electron chi connectivity index (χ1n) is 8.46. The molecule has 2 bridgehead atoms. The van der Waals surface area contributed by atoms with E-state index in [2.05, 4.69) is 22.6 Å². The second-order valence-corrected chi connectivity index (χ2v) is 6.93. The zero-order valence-electron chi connectivity index (χ0n) is 14.7. The molecule has 0 saturated carbocycles. The molecule has 2 atom stereocenters. The molecule has 5 nitrogen and oxygen atoms in total. The van der Waals surface area contributed by atoms with Crippen molar-refractivity contribution in [3.8, 4) is 5.75 Å². The molecule has 1 aromatic rings. The number of methoxy groups -OCH3 is 1. The summed E-state index contributed by atoms with van der Waals surface area (Å²) in [4.78, 5) is 14.6. The second-order valence-electron chi connectivity index (χ2n) is 6.93. The highest BCUT2D eigenvalue weighted by Gasteiger charge is 2.35. The number of rotatable bonds is 5. The number of nitrogens with one attached hydrogen (secondary N) is 2. The normalized spacial score (nSPS) is 25.2. The Morgan fingerprint density at radius 2 is 2.00 bits per heavy atom. The minimum Gasteiger partial charge on any atom is -0.495 e. The highest BCUT2D eigenvalue weighted by molar-refractivity contribution is 5.93. The van der Waals surface area contributed by atoms with Gasteiger partial charge in [-0.2, -0.15) is 0 Å². The standard InChI is InChI=1S/C18H27N3O2.ClH/c1-12-4-7-17(23-3)16(8-12)20-18(22)11-21(2)15-9-13-5-6-14(10-15)19-13;/h4,7-8,13-15,19H,5-6,9-11H2,1-3H3,(H,20,22);1H. The van der Waals surface area contributed by atoms with Gasteiger partial charge < -0.3 is 15.4 Å². The number of amides is 1. The van der Waals surface area contributed by atoms with E-state index in [4.69, 9.17) is 4.74 Å². The van der Waals surface area contributed by atoms with Gasteiger partial charge in [-0.1, -0.05) is 6.07 Å². The number of ether oxygens (including phenoxy) is 1. The largest absolute Gasteiger partial charge is 0.495 e. The molecule has 0 spiro atoms. The lowest BCUT2D eigenvalue weighted by Crippen LogP contribution is -2.48. The van der Waals surface area contributed by atoms with E-state index in [1.54, 1.807) is 7.11 Å². The predicted molar refractivity (Wildman–Crippen MR) is 99.2 cm³/mol. The fraction of sp³-hybridized carbons (Fsp3) is 0.611. The second kappa shape index (κ2) is 8.19. The minimum atomic E-state index is 0. The Bertz CT molecular complexity index is 569. The molecule has 2 fully saturated rings. The lowest BCUT2D eigenvalue weighted by Gasteiger charge is -2.35. The monoisotopic (exact) mass is 353 g/mol. The van der Waals surface area contributed by atoms with E-state index in [1.807, 2.05) is 25.1 Å². The van der Waals surface area contributed by atoms with Crippen LogP contribution in [0.4, 0.5) is 5.69 Å². The van der Waals surface area contributed by atoms with Crippen LogP contribution in [0.2, 0.25) is 0 Å². The molecular formula is C18H28ClN3O2. The lowest BCUT2D eigenvalue weighted by molar-refractivity contribution is -0.117. The topological polar surface area (TPSA) is 53.6 Å². The number of benzene rings is 1. The number of hydrogen-bond donors (Lipinski definition) is 2. The first-order chi connectivity index (χ1) is 11.0. The Hall–Kier alpha value is -1.30. The number of hydrogen-bond acceptors (Lipinski definition) is 4. The molecule has 0 aromatic heterocycles. The fourth-order valence-electron chi connectivity index (χ4n) is 3.85. The van der Waals surface area contributed by atoms with Gasteiger partial charge >= 0.3 is 0 Å². The molecule has 6 heteroatoms. The van der Waals surface area contributed by atoms with Crippen molar-refractivity contribution in [2.45, 2.75) is 50.7 Å². The Morgan fingerprint density at radius 1 is 1.33 bits per heavy atom. The maximum atomic E-state index is 12.4. The van der Waals surface area contributed by atoms with Crippen LogP contribution in [-0.4, -0.2) is 49.6 Å². The van der Waals surface area contributed by atoms with Crippen LogP contribution in [0.1, 0.15) is 31.2 Å². The van der Waals surface area contributed by atoms with Crippen LogP contribution < -0.4 is 15.4 Å². The van der Waals surface area contributed by atoms with Crippen molar-refractivity contribution in [2.24, 2.45) is 0 Å². The fourth-order valence-corrected chi connectivity index (χ4v) is 3.85. The number of anilines is 1. The quantitative estimate of drug-likeness (QED) is 0.854. The maximum absolute atomic E-state index is 12.4.